The molecule has 186 valence electrons. The van der Waals surface area contributed by atoms with E-state index in [-0.39, 0.29) is 24.3 Å². The summed E-state index contributed by atoms with van der Waals surface area (Å²) in [6.07, 6.45) is 0.956. The average Bonchev–Trinajstić information content (AvgIpc) is 2.75. The van der Waals surface area contributed by atoms with Crippen LogP contribution in [0.3, 0.4) is 0 Å². The highest BCUT2D eigenvalue weighted by molar-refractivity contribution is 5.96. The van der Waals surface area contributed by atoms with Crippen molar-refractivity contribution in [1.29, 1.82) is 0 Å². The number of benzene rings is 1. The fourth-order valence-electron chi connectivity index (χ4n) is 1.97. The van der Waals surface area contributed by atoms with Crippen molar-refractivity contribution >= 4 is 29.8 Å². The Morgan fingerprint density at radius 3 is 1.88 bits per heavy atom. The van der Waals surface area contributed by atoms with Crippen LogP contribution < -0.4 is 28.3 Å². The van der Waals surface area contributed by atoms with E-state index in [1.165, 1.54) is 0 Å². The van der Waals surface area contributed by atoms with Gasteiger partial charge in [0.25, 0.3) is 5.91 Å². The maximum absolute atomic E-state index is 11.7. The number of hydrogen-bond donors (Lipinski definition) is 8. The Morgan fingerprint density at radius 1 is 1.00 bits per heavy atom. The Hall–Kier alpha value is -3.71. The molecule has 0 aromatic heterocycles. The molecule has 1 aromatic rings. The van der Waals surface area contributed by atoms with E-state index in [4.69, 9.17) is 32.5 Å². The van der Waals surface area contributed by atoms with Gasteiger partial charge < -0.3 is 43.6 Å². The van der Waals surface area contributed by atoms with Crippen molar-refractivity contribution in [3.63, 3.8) is 0 Å². The van der Waals surface area contributed by atoms with Gasteiger partial charge in [0.2, 0.25) is 0 Å². The molecule has 1 rings (SSSR count). The van der Waals surface area contributed by atoms with Crippen molar-refractivity contribution in [2.45, 2.75) is 38.8 Å². The van der Waals surface area contributed by atoms with Gasteiger partial charge in [-0.15, -0.1) is 0 Å². The summed E-state index contributed by atoms with van der Waals surface area (Å²) in [5, 5.41) is 27.4. The molecule has 0 saturated carbocycles. The molecule has 1 amide bonds. The largest absolute Gasteiger partial charge is 0.480 e. The van der Waals surface area contributed by atoms with Crippen LogP contribution in [0.2, 0.25) is 0 Å². The Kier molecular flexibility index (Phi) is 17.1. The summed E-state index contributed by atoms with van der Waals surface area (Å²) in [5.41, 5.74) is 20.4. The van der Waals surface area contributed by atoms with Crippen molar-refractivity contribution in [2.75, 3.05) is 13.1 Å². The van der Waals surface area contributed by atoms with Gasteiger partial charge in [0.15, 0.2) is 5.96 Å². The third-order valence-corrected chi connectivity index (χ3v) is 3.71. The maximum Gasteiger partial charge on any atom is 0.326 e. The van der Waals surface area contributed by atoms with Crippen LogP contribution in [0, 0.1) is 5.92 Å². The van der Waals surface area contributed by atoms with E-state index in [1.807, 2.05) is 0 Å². The topological polar surface area (TPSA) is 257 Å². The molecule has 13 heteroatoms. The summed E-state index contributed by atoms with van der Waals surface area (Å²) in [4.78, 5) is 45.7. The predicted octanol–water partition coefficient (Wildman–Crippen LogP) is -0.993. The number of guanidine groups is 1. The van der Waals surface area contributed by atoms with Gasteiger partial charge in [-0.1, -0.05) is 32.0 Å². The number of aliphatic carboxylic acids is 3. The van der Waals surface area contributed by atoms with E-state index in [2.05, 4.69) is 16.0 Å². The van der Waals surface area contributed by atoms with Crippen LogP contribution in [-0.2, 0) is 14.4 Å². The second-order valence-corrected chi connectivity index (χ2v) is 6.89. The number of carboxylic acids is 3. The van der Waals surface area contributed by atoms with Gasteiger partial charge in [0.1, 0.15) is 12.1 Å². The number of carboxylic acid groups (broad SMARTS) is 3. The van der Waals surface area contributed by atoms with Crippen molar-refractivity contribution in [3.05, 3.63) is 35.9 Å². The minimum absolute atomic E-state index is 0.0129. The normalized spacial score (nSPS) is 11.4. The molecular formula is C20H34N6O7. The highest BCUT2D eigenvalue weighted by Crippen LogP contribution is 2.04. The van der Waals surface area contributed by atoms with Crippen molar-refractivity contribution < 1.29 is 34.5 Å². The minimum atomic E-state index is -1.01. The number of carbonyl (C=O) groups is 4. The molecule has 0 aliphatic carbocycles. The number of carbonyl (C=O) groups excluding carboxylic acids is 1. The number of nitrogens with zero attached hydrogens (tertiary/aromatic N) is 1. The fourth-order valence-corrected chi connectivity index (χ4v) is 1.97. The van der Waals surface area contributed by atoms with Crippen molar-refractivity contribution in [2.24, 2.45) is 33.8 Å². The number of rotatable bonds is 10. The molecule has 0 heterocycles. The summed E-state index contributed by atoms with van der Waals surface area (Å²) >= 11 is 0. The number of nitrogens with two attached hydrogens (primary N) is 4. The Balaban J connectivity index is 0. The molecule has 0 fully saturated rings. The first kappa shape index (κ1) is 31.5. The van der Waals surface area contributed by atoms with Crippen LogP contribution in [0.5, 0.6) is 0 Å². The van der Waals surface area contributed by atoms with E-state index in [0.29, 0.717) is 24.9 Å². The van der Waals surface area contributed by atoms with Crippen LogP contribution in [0.4, 0.5) is 0 Å². The van der Waals surface area contributed by atoms with Crippen LogP contribution >= 0.6 is 0 Å². The van der Waals surface area contributed by atoms with Gasteiger partial charge in [-0.25, -0.2) is 4.79 Å². The molecule has 0 aliphatic rings. The third-order valence-electron chi connectivity index (χ3n) is 3.71. The summed E-state index contributed by atoms with van der Waals surface area (Å²) in [6.45, 7) is 3.65. The Labute approximate surface area is 191 Å². The van der Waals surface area contributed by atoms with E-state index < -0.39 is 30.0 Å². The SMILES string of the molecule is CC(C)[C@H](NC(=O)c1ccccc1)C(=O)O.NC(N)=NCCC[C@H](N)C(=O)O.NCC(=O)O. The van der Waals surface area contributed by atoms with Gasteiger partial charge in [-0.05, 0) is 30.9 Å². The highest BCUT2D eigenvalue weighted by atomic mass is 16.4. The highest BCUT2D eigenvalue weighted by Gasteiger charge is 2.23. The van der Waals surface area contributed by atoms with E-state index in [1.54, 1.807) is 44.2 Å². The summed E-state index contributed by atoms with van der Waals surface area (Å²) in [5.74, 6) is -3.48. The number of nitrogens with one attached hydrogen (secondary N) is 1. The lowest BCUT2D eigenvalue weighted by molar-refractivity contribution is -0.140. The molecule has 0 unspecified atom stereocenters. The van der Waals surface area contributed by atoms with Gasteiger partial charge in [0.05, 0.1) is 6.54 Å². The fraction of sp³-hybridized carbons (Fsp3) is 0.450. The first-order valence-corrected chi connectivity index (χ1v) is 9.87. The van der Waals surface area contributed by atoms with Crippen LogP contribution in [-0.4, -0.2) is 70.3 Å². The first-order valence-electron chi connectivity index (χ1n) is 9.87. The molecular weight excluding hydrogens is 436 g/mol. The molecule has 12 N–H and O–H groups in total. The van der Waals surface area contributed by atoms with Gasteiger partial charge in [-0.2, -0.15) is 0 Å². The van der Waals surface area contributed by atoms with Crippen molar-refractivity contribution in [3.8, 4) is 0 Å². The second-order valence-electron chi connectivity index (χ2n) is 6.89. The third kappa shape index (κ3) is 17.6. The second kappa shape index (κ2) is 17.9. The van der Waals surface area contributed by atoms with E-state index >= 15 is 0 Å². The zero-order valence-corrected chi connectivity index (χ0v) is 18.7. The molecule has 0 saturated heterocycles. The number of amides is 1. The van der Waals surface area contributed by atoms with Gasteiger partial charge in [-0.3, -0.25) is 19.4 Å². The lowest BCUT2D eigenvalue weighted by atomic mass is 10.0. The first-order chi connectivity index (χ1) is 15.3. The van der Waals surface area contributed by atoms with Crippen LogP contribution in [0.15, 0.2) is 35.3 Å². The lowest BCUT2D eigenvalue weighted by Crippen LogP contribution is -2.44. The van der Waals surface area contributed by atoms with E-state index in [9.17, 15) is 19.2 Å². The molecule has 0 spiro atoms. The number of aliphatic imine (C=N–C) groups is 1. The molecule has 1 aromatic carbocycles. The minimum Gasteiger partial charge on any atom is -0.480 e. The van der Waals surface area contributed by atoms with Gasteiger partial charge >= 0.3 is 17.9 Å². The van der Waals surface area contributed by atoms with Crippen LogP contribution in [0.25, 0.3) is 0 Å². The van der Waals surface area contributed by atoms with Gasteiger partial charge in [0, 0.05) is 12.1 Å². The summed E-state index contributed by atoms with van der Waals surface area (Å²) < 4.78 is 0. The van der Waals surface area contributed by atoms with Crippen LogP contribution in [0.1, 0.15) is 37.0 Å². The molecule has 0 aliphatic heterocycles. The zero-order chi connectivity index (χ0) is 26.0. The average molecular weight is 471 g/mol. The number of hydrogen-bond acceptors (Lipinski definition) is 7. The van der Waals surface area contributed by atoms with E-state index in [0.717, 1.165) is 0 Å². The molecule has 2 atom stereocenters. The summed E-state index contributed by atoms with van der Waals surface area (Å²) in [7, 11) is 0. The quantitative estimate of drug-likeness (QED) is 0.117. The standard InChI is InChI=1S/C12H15NO3.C6H14N4O2.C2H5NO2/c1-8(2)10(12(15)16)13-11(14)9-6-4-3-5-7-9;7-4(5(11)12)2-1-3-10-6(8)9;3-1-2(4)5/h3-8,10H,1-2H3,(H,13,14)(H,15,16);4H,1-3,7H2,(H,11,12)(H4,8,9,10);1,3H2,(H,4,5)/t10-;4-;/m00./s1. The Morgan fingerprint density at radius 2 is 1.52 bits per heavy atom. The predicted molar refractivity (Wildman–Crippen MR) is 122 cm³/mol. The molecule has 13 nitrogen and oxygen atoms in total. The van der Waals surface area contributed by atoms with Crippen molar-refractivity contribution in [1.82, 2.24) is 5.32 Å². The lowest BCUT2D eigenvalue weighted by Gasteiger charge is -2.17. The summed E-state index contributed by atoms with van der Waals surface area (Å²) in [6, 6.07) is 6.89. The molecule has 0 bridgehead atoms. The smallest absolute Gasteiger partial charge is 0.326 e. The maximum atomic E-state index is 11.7. The zero-order valence-electron chi connectivity index (χ0n) is 18.7. The molecule has 0 radical (unpaired) electrons. The Bertz CT molecular complexity index is 767. The monoisotopic (exact) mass is 470 g/mol. The molecule has 33 heavy (non-hydrogen) atoms.